The van der Waals surface area contributed by atoms with Crippen LogP contribution < -0.4 is 16.6 Å². The molecule has 5 N–H and O–H groups in total. The van der Waals surface area contributed by atoms with Crippen molar-refractivity contribution in [1.29, 1.82) is 0 Å². The van der Waals surface area contributed by atoms with E-state index in [0.717, 1.165) is 0 Å². The van der Waals surface area contributed by atoms with Gasteiger partial charge in [0.05, 0.1) is 6.04 Å². The highest BCUT2D eigenvalue weighted by Gasteiger charge is 2.14. The molecule has 0 spiro atoms. The molecule has 0 aliphatic rings. The zero-order valence-corrected chi connectivity index (χ0v) is 7.70. The molecule has 0 bridgehead atoms. The molecule has 0 rings (SSSR count). The van der Waals surface area contributed by atoms with E-state index in [9.17, 15) is 9.59 Å². The Kier molecular flexibility index (Phi) is 4.83. The van der Waals surface area contributed by atoms with Gasteiger partial charge in [0.25, 0.3) is 5.91 Å². The monoisotopic (exact) mass is 189 g/mol. The highest BCUT2D eigenvalue weighted by molar-refractivity contribution is 5.83. The van der Waals surface area contributed by atoms with Gasteiger partial charge in [-0.15, -0.1) is 0 Å². The summed E-state index contributed by atoms with van der Waals surface area (Å²) in [6.07, 6.45) is -0.794. The van der Waals surface area contributed by atoms with Crippen LogP contribution in [0.4, 0.5) is 4.79 Å². The van der Waals surface area contributed by atoms with Crippen molar-refractivity contribution in [3.8, 4) is 0 Å². The molecule has 0 aromatic carbocycles. The number of hydrogen-bond donors (Lipinski definition) is 4. The summed E-state index contributed by atoms with van der Waals surface area (Å²) >= 11 is 0. The highest BCUT2D eigenvalue weighted by atomic mass is 16.4. The minimum Gasteiger partial charge on any atom is -0.464 e. The minimum absolute atomic E-state index is 0.297. The van der Waals surface area contributed by atoms with Gasteiger partial charge in [-0.2, -0.15) is 0 Å². The summed E-state index contributed by atoms with van der Waals surface area (Å²) in [5.74, 6) is -0.221. The molecule has 1 atom stereocenters. The van der Waals surface area contributed by atoms with Crippen LogP contribution in [0.25, 0.3) is 0 Å². The molecule has 0 radical (unpaired) electrons. The second-order valence-corrected chi connectivity index (χ2v) is 3.16. The molecule has 0 aliphatic carbocycles. The zero-order chi connectivity index (χ0) is 10.4. The maximum Gasteiger partial charge on any atom is 0.423 e. The van der Waals surface area contributed by atoms with Crippen LogP contribution in [0.1, 0.15) is 20.3 Å². The molecule has 6 nitrogen and oxygen atoms in total. The largest absolute Gasteiger partial charge is 0.464 e. The number of carbonyl (C=O) groups is 2. The lowest BCUT2D eigenvalue weighted by atomic mass is 10.0. The molecule has 0 aromatic heterocycles. The van der Waals surface area contributed by atoms with Crippen molar-refractivity contribution in [2.24, 2.45) is 11.7 Å². The van der Waals surface area contributed by atoms with Gasteiger partial charge >= 0.3 is 6.09 Å². The average molecular weight is 189 g/mol. The Morgan fingerprint density at radius 3 is 2.31 bits per heavy atom. The maximum atomic E-state index is 11.0. The van der Waals surface area contributed by atoms with Gasteiger partial charge in [0.1, 0.15) is 0 Å². The van der Waals surface area contributed by atoms with Crippen molar-refractivity contribution in [1.82, 2.24) is 10.9 Å². The van der Waals surface area contributed by atoms with E-state index >= 15 is 0 Å². The van der Waals surface area contributed by atoms with Crippen LogP contribution >= 0.6 is 0 Å². The Morgan fingerprint density at radius 2 is 1.92 bits per heavy atom. The van der Waals surface area contributed by atoms with E-state index in [2.05, 4.69) is 0 Å². The molecular formula is C7H15N3O3. The fourth-order valence-electron chi connectivity index (χ4n) is 0.823. The first-order valence-corrected chi connectivity index (χ1v) is 3.98. The van der Waals surface area contributed by atoms with Crippen molar-refractivity contribution >= 4 is 12.0 Å². The molecule has 0 unspecified atom stereocenters. The maximum absolute atomic E-state index is 11.0. The SMILES string of the molecule is CC(C)C[C@H](N)C(=O)NNC(=O)O. The standard InChI is InChI=1S/C7H15N3O3/c1-4(2)3-5(8)6(11)9-10-7(12)13/h4-5,10H,3,8H2,1-2H3,(H,9,11)(H,12,13)/t5-/m0/s1. The Bertz CT molecular complexity index is 193. The van der Waals surface area contributed by atoms with Gasteiger partial charge in [0.2, 0.25) is 0 Å². The van der Waals surface area contributed by atoms with Crippen LogP contribution in [0.5, 0.6) is 0 Å². The van der Waals surface area contributed by atoms with Gasteiger partial charge in [0, 0.05) is 0 Å². The number of hydrogen-bond acceptors (Lipinski definition) is 3. The third-order valence-corrected chi connectivity index (χ3v) is 1.35. The van der Waals surface area contributed by atoms with Crippen LogP contribution in [0.15, 0.2) is 0 Å². The lowest BCUT2D eigenvalue weighted by molar-refractivity contribution is -0.123. The van der Waals surface area contributed by atoms with Crippen molar-refractivity contribution in [3.63, 3.8) is 0 Å². The van der Waals surface area contributed by atoms with E-state index in [1.54, 1.807) is 5.43 Å². The third-order valence-electron chi connectivity index (χ3n) is 1.35. The summed E-state index contributed by atoms with van der Waals surface area (Å²) in [5, 5.41) is 8.16. The van der Waals surface area contributed by atoms with Crippen LogP contribution in [0.3, 0.4) is 0 Å². The second kappa shape index (κ2) is 5.36. The average Bonchev–Trinajstić information content (AvgIpc) is 1.98. The summed E-state index contributed by atoms with van der Waals surface area (Å²) in [6, 6.07) is -0.674. The van der Waals surface area contributed by atoms with Crippen molar-refractivity contribution in [3.05, 3.63) is 0 Å². The van der Waals surface area contributed by atoms with Crippen molar-refractivity contribution < 1.29 is 14.7 Å². The van der Waals surface area contributed by atoms with E-state index < -0.39 is 18.0 Å². The fourth-order valence-corrected chi connectivity index (χ4v) is 0.823. The molecule has 0 fully saturated rings. The lowest BCUT2D eigenvalue weighted by Gasteiger charge is -2.13. The first-order valence-electron chi connectivity index (χ1n) is 3.98. The number of nitrogens with two attached hydrogens (primary N) is 1. The normalized spacial score (nSPS) is 12.3. The molecule has 76 valence electrons. The topological polar surface area (TPSA) is 104 Å². The molecule has 0 aliphatic heterocycles. The number of nitrogens with one attached hydrogen (secondary N) is 2. The van der Waals surface area contributed by atoms with Crippen LogP contribution in [-0.4, -0.2) is 23.1 Å². The number of carbonyl (C=O) groups excluding carboxylic acids is 1. The van der Waals surface area contributed by atoms with Gasteiger partial charge in [0.15, 0.2) is 0 Å². The van der Waals surface area contributed by atoms with Crippen molar-refractivity contribution in [2.75, 3.05) is 0 Å². The van der Waals surface area contributed by atoms with Crippen LogP contribution in [-0.2, 0) is 4.79 Å². The van der Waals surface area contributed by atoms with Gasteiger partial charge in [-0.3, -0.25) is 10.2 Å². The Morgan fingerprint density at radius 1 is 1.38 bits per heavy atom. The summed E-state index contributed by atoms with van der Waals surface area (Å²) < 4.78 is 0. The number of hydrazine groups is 1. The molecular weight excluding hydrogens is 174 g/mol. The van der Waals surface area contributed by atoms with Gasteiger partial charge in [-0.1, -0.05) is 13.8 Å². The first kappa shape index (κ1) is 11.7. The number of amides is 2. The Balaban J connectivity index is 3.76. The van der Waals surface area contributed by atoms with Crippen LogP contribution in [0, 0.1) is 5.92 Å². The fraction of sp³-hybridized carbons (Fsp3) is 0.714. The summed E-state index contributed by atoms with van der Waals surface area (Å²) in [4.78, 5) is 21.0. The lowest BCUT2D eigenvalue weighted by Crippen LogP contribution is -2.49. The zero-order valence-electron chi connectivity index (χ0n) is 7.70. The van der Waals surface area contributed by atoms with E-state index in [1.165, 1.54) is 0 Å². The molecule has 2 amide bonds. The summed E-state index contributed by atoms with van der Waals surface area (Å²) in [7, 11) is 0. The number of rotatable bonds is 3. The Labute approximate surface area is 76.5 Å². The molecule has 0 aromatic rings. The predicted octanol–water partition coefficient (Wildman–Crippen LogP) is -0.341. The van der Waals surface area contributed by atoms with E-state index in [0.29, 0.717) is 12.3 Å². The van der Waals surface area contributed by atoms with Crippen LogP contribution in [0.2, 0.25) is 0 Å². The predicted molar refractivity (Wildman–Crippen MR) is 46.7 cm³/mol. The molecule has 0 saturated carbocycles. The highest BCUT2D eigenvalue weighted by Crippen LogP contribution is 2.01. The van der Waals surface area contributed by atoms with Gasteiger partial charge in [-0.25, -0.2) is 10.2 Å². The third kappa shape index (κ3) is 5.92. The molecule has 0 heterocycles. The molecule has 6 heteroatoms. The smallest absolute Gasteiger partial charge is 0.423 e. The van der Waals surface area contributed by atoms with E-state index in [-0.39, 0.29) is 0 Å². The number of carboxylic acid groups (broad SMARTS) is 1. The van der Waals surface area contributed by atoms with E-state index in [1.807, 2.05) is 19.3 Å². The summed E-state index contributed by atoms with van der Waals surface area (Å²) in [6.45, 7) is 3.86. The van der Waals surface area contributed by atoms with Gasteiger partial charge in [-0.05, 0) is 12.3 Å². The van der Waals surface area contributed by atoms with E-state index in [4.69, 9.17) is 10.8 Å². The summed E-state index contributed by atoms with van der Waals surface area (Å²) in [5.41, 5.74) is 9.17. The Hall–Kier alpha value is -1.30. The minimum atomic E-state index is -1.31. The first-order chi connectivity index (χ1) is 5.93. The quantitative estimate of drug-likeness (QED) is 0.456. The van der Waals surface area contributed by atoms with Crippen molar-refractivity contribution in [2.45, 2.75) is 26.3 Å². The van der Waals surface area contributed by atoms with Gasteiger partial charge < -0.3 is 10.8 Å². The molecule has 0 saturated heterocycles. The second-order valence-electron chi connectivity index (χ2n) is 3.16. The molecule has 13 heavy (non-hydrogen) atoms.